The lowest BCUT2D eigenvalue weighted by Gasteiger charge is -2.37. The third-order valence-electron chi connectivity index (χ3n) is 5.90. The average molecular weight is 422 g/mol. The fourth-order valence-corrected chi connectivity index (χ4v) is 4.02. The van der Waals surface area contributed by atoms with Crippen molar-refractivity contribution >= 4 is 16.6 Å². The molecule has 1 aromatic heterocycles. The van der Waals surface area contributed by atoms with Crippen molar-refractivity contribution in [3.63, 3.8) is 0 Å². The van der Waals surface area contributed by atoms with Crippen LogP contribution >= 0.6 is 0 Å². The van der Waals surface area contributed by atoms with Gasteiger partial charge in [-0.1, -0.05) is 26.0 Å². The minimum Gasteiger partial charge on any atom is -0.491 e. The lowest BCUT2D eigenvalue weighted by atomic mass is 10.0. The van der Waals surface area contributed by atoms with Crippen molar-refractivity contribution in [2.75, 3.05) is 44.2 Å². The van der Waals surface area contributed by atoms with Crippen LogP contribution in [0.5, 0.6) is 5.75 Å². The van der Waals surface area contributed by atoms with Gasteiger partial charge in [0.25, 0.3) is 0 Å². The van der Waals surface area contributed by atoms with Crippen molar-refractivity contribution in [3.05, 3.63) is 70.5 Å². The van der Waals surface area contributed by atoms with Crippen LogP contribution in [-0.4, -0.2) is 60.4 Å². The molecule has 1 aliphatic heterocycles. The smallest absolute Gasteiger partial charge is 0.248 e. The van der Waals surface area contributed by atoms with Crippen LogP contribution in [0, 0.1) is 0 Å². The summed E-state index contributed by atoms with van der Waals surface area (Å²) >= 11 is 0. The first-order chi connectivity index (χ1) is 15.0. The molecule has 0 amide bonds. The molecule has 6 nitrogen and oxygen atoms in total. The van der Waals surface area contributed by atoms with Gasteiger partial charge in [-0.3, -0.25) is 9.69 Å². The Balaban J connectivity index is 1.24. The van der Waals surface area contributed by atoms with Crippen molar-refractivity contribution < 1.29 is 9.84 Å². The van der Waals surface area contributed by atoms with Gasteiger partial charge in [-0.2, -0.15) is 0 Å². The molecule has 0 radical (unpaired) electrons. The van der Waals surface area contributed by atoms with Crippen molar-refractivity contribution in [3.8, 4) is 5.75 Å². The van der Waals surface area contributed by atoms with E-state index in [-0.39, 0.29) is 12.2 Å². The number of aromatic nitrogens is 1. The molecule has 164 valence electrons. The second-order valence-corrected chi connectivity index (χ2v) is 8.57. The Morgan fingerprint density at radius 3 is 2.45 bits per heavy atom. The molecule has 0 spiro atoms. The van der Waals surface area contributed by atoms with Gasteiger partial charge >= 0.3 is 0 Å². The van der Waals surface area contributed by atoms with Crippen LogP contribution < -0.4 is 15.2 Å². The number of aliphatic hydroxyl groups is 1. The number of ether oxygens (including phenoxy) is 1. The van der Waals surface area contributed by atoms with Gasteiger partial charge in [0, 0.05) is 55.4 Å². The topological polar surface area (TPSA) is 68.8 Å². The molecule has 6 heteroatoms. The van der Waals surface area contributed by atoms with Crippen LogP contribution in [0.2, 0.25) is 0 Å². The molecule has 2 aromatic carbocycles. The number of aromatic amines is 1. The zero-order valence-corrected chi connectivity index (χ0v) is 18.3. The molecule has 0 bridgehead atoms. The molecule has 1 unspecified atom stereocenters. The average Bonchev–Trinajstić information content (AvgIpc) is 2.78. The Bertz CT molecular complexity index is 1050. The quantitative estimate of drug-likeness (QED) is 0.613. The summed E-state index contributed by atoms with van der Waals surface area (Å²) in [5, 5.41) is 11.4. The lowest BCUT2D eigenvalue weighted by Crippen LogP contribution is -2.49. The van der Waals surface area contributed by atoms with E-state index in [0.29, 0.717) is 18.2 Å². The molecule has 2 N–H and O–H groups in total. The zero-order chi connectivity index (χ0) is 21.8. The van der Waals surface area contributed by atoms with Gasteiger partial charge in [0.15, 0.2) is 0 Å². The maximum Gasteiger partial charge on any atom is 0.248 e. The summed E-state index contributed by atoms with van der Waals surface area (Å²) in [6, 6.07) is 17.7. The number of fused-ring (bicyclic) bond motifs is 1. The van der Waals surface area contributed by atoms with E-state index in [1.807, 2.05) is 18.2 Å². The molecular formula is C25H31N3O3. The molecule has 3 aromatic rings. The molecular weight excluding hydrogens is 390 g/mol. The minimum atomic E-state index is -0.553. The molecule has 1 fully saturated rings. The van der Waals surface area contributed by atoms with E-state index in [1.54, 1.807) is 6.07 Å². The molecule has 1 aliphatic rings. The first-order valence-electron chi connectivity index (χ1n) is 11.0. The normalized spacial score (nSPS) is 16.1. The number of aliphatic hydroxyl groups excluding tert-OH is 1. The number of nitrogens with zero attached hydrogens (tertiary/aromatic N) is 2. The highest BCUT2D eigenvalue weighted by molar-refractivity contribution is 5.79. The molecule has 31 heavy (non-hydrogen) atoms. The minimum absolute atomic E-state index is 0.121. The van der Waals surface area contributed by atoms with E-state index in [4.69, 9.17) is 4.74 Å². The number of hydrogen-bond acceptors (Lipinski definition) is 5. The predicted octanol–water partition coefficient (Wildman–Crippen LogP) is 3.21. The largest absolute Gasteiger partial charge is 0.491 e. The van der Waals surface area contributed by atoms with Gasteiger partial charge in [-0.05, 0) is 47.9 Å². The van der Waals surface area contributed by atoms with Gasteiger partial charge in [-0.25, -0.2) is 0 Å². The first kappa shape index (κ1) is 21.4. The zero-order valence-electron chi connectivity index (χ0n) is 18.3. The van der Waals surface area contributed by atoms with E-state index in [9.17, 15) is 9.90 Å². The highest BCUT2D eigenvalue weighted by Crippen LogP contribution is 2.22. The number of hydrogen-bond donors (Lipinski definition) is 2. The summed E-state index contributed by atoms with van der Waals surface area (Å²) in [4.78, 5) is 18.9. The SMILES string of the molecule is CC(C)c1ccc(N2CCN(CC(O)COc3ccc4[nH]c(=O)ccc4c3)CC2)cc1. The maximum atomic E-state index is 11.4. The summed E-state index contributed by atoms with van der Waals surface area (Å²) in [5.41, 5.74) is 3.29. The summed E-state index contributed by atoms with van der Waals surface area (Å²) in [6.07, 6.45) is -0.553. The van der Waals surface area contributed by atoms with E-state index >= 15 is 0 Å². The molecule has 2 heterocycles. The molecule has 0 saturated carbocycles. The Labute approximate surface area is 183 Å². The second-order valence-electron chi connectivity index (χ2n) is 8.57. The van der Waals surface area contributed by atoms with E-state index < -0.39 is 6.10 Å². The van der Waals surface area contributed by atoms with Crippen molar-refractivity contribution in [2.45, 2.75) is 25.9 Å². The van der Waals surface area contributed by atoms with Crippen LogP contribution in [0.25, 0.3) is 10.9 Å². The van der Waals surface area contributed by atoms with Crippen LogP contribution in [0.3, 0.4) is 0 Å². The Hall–Kier alpha value is -2.83. The molecule has 0 aliphatic carbocycles. The number of benzene rings is 2. The standard InChI is InChI=1S/C25H31N3O3/c1-18(2)19-3-6-21(7-4-19)28-13-11-27(12-14-28)16-22(29)17-31-23-8-9-24-20(15-23)5-10-25(30)26-24/h3-10,15,18,22,29H,11-14,16-17H2,1-2H3,(H,26,30). The van der Waals surface area contributed by atoms with Crippen molar-refractivity contribution in [1.29, 1.82) is 0 Å². The summed E-state index contributed by atoms with van der Waals surface area (Å²) in [5.74, 6) is 1.24. The number of rotatable bonds is 7. The van der Waals surface area contributed by atoms with Crippen LogP contribution in [0.1, 0.15) is 25.3 Å². The highest BCUT2D eigenvalue weighted by atomic mass is 16.5. The van der Waals surface area contributed by atoms with Gasteiger partial charge in [0.2, 0.25) is 5.56 Å². The van der Waals surface area contributed by atoms with E-state index in [0.717, 1.165) is 37.1 Å². The fourth-order valence-electron chi connectivity index (χ4n) is 4.02. The summed E-state index contributed by atoms with van der Waals surface area (Å²) < 4.78 is 5.79. The van der Waals surface area contributed by atoms with Crippen LogP contribution in [-0.2, 0) is 0 Å². The van der Waals surface area contributed by atoms with Crippen LogP contribution in [0.4, 0.5) is 5.69 Å². The monoisotopic (exact) mass is 421 g/mol. The molecule has 1 atom stereocenters. The predicted molar refractivity (Wildman–Crippen MR) is 125 cm³/mol. The lowest BCUT2D eigenvalue weighted by molar-refractivity contribution is 0.0663. The highest BCUT2D eigenvalue weighted by Gasteiger charge is 2.20. The summed E-state index contributed by atoms with van der Waals surface area (Å²) in [7, 11) is 0. The van der Waals surface area contributed by atoms with Gasteiger partial charge in [0.05, 0.1) is 0 Å². The summed E-state index contributed by atoms with van der Waals surface area (Å²) in [6.45, 7) is 9.02. The van der Waals surface area contributed by atoms with Crippen molar-refractivity contribution in [1.82, 2.24) is 9.88 Å². The number of pyridine rings is 1. The maximum absolute atomic E-state index is 11.4. The second kappa shape index (κ2) is 9.54. The molecule has 1 saturated heterocycles. The number of β-amino-alcohol motifs (C(OH)–C–C–N with tert-alkyl or cyclic N) is 1. The van der Waals surface area contributed by atoms with Gasteiger partial charge < -0.3 is 19.7 Å². The van der Waals surface area contributed by atoms with Gasteiger partial charge in [-0.15, -0.1) is 0 Å². The van der Waals surface area contributed by atoms with Crippen LogP contribution in [0.15, 0.2) is 59.4 Å². The fraction of sp³-hybridized carbons (Fsp3) is 0.400. The third-order valence-corrected chi connectivity index (χ3v) is 5.90. The molecule has 4 rings (SSSR count). The number of nitrogens with one attached hydrogen (secondary N) is 1. The third kappa shape index (κ3) is 5.46. The Kier molecular flexibility index (Phi) is 6.59. The van der Waals surface area contributed by atoms with E-state index in [1.165, 1.54) is 17.3 Å². The first-order valence-corrected chi connectivity index (χ1v) is 11.0. The van der Waals surface area contributed by atoms with Crippen molar-refractivity contribution in [2.24, 2.45) is 0 Å². The number of piperazine rings is 1. The van der Waals surface area contributed by atoms with E-state index in [2.05, 4.69) is 52.9 Å². The Morgan fingerprint density at radius 2 is 1.74 bits per heavy atom. The van der Waals surface area contributed by atoms with Gasteiger partial charge in [0.1, 0.15) is 18.5 Å². The number of anilines is 1. The number of H-pyrrole nitrogens is 1. The Morgan fingerprint density at radius 1 is 1.00 bits per heavy atom.